The quantitative estimate of drug-likeness (QED) is 0.773. The van der Waals surface area contributed by atoms with E-state index in [4.69, 9.17) is 4.74 Å². The van der Waals surface area contributed by atoms with Crippen molar-refractivity contribution >= 4 is 21.7 Å². The van der Waals surface area contributed by atoms with Gasteiger partial charge in [-0.05, 0) is 18.6 Å². The number of rotatable bonds is 1. The molecule has 0 aromatic heterocycles. The SMILES string of the molecule is O=C1NCC2(CCN(C(=O)C3CCS(=O)(=O)C3)CC2)Oc2ccccc21. The average Bonchev–Trinajstić information content (AvgIpc) is 2.93. The maximum absolute atomic E-state index is 12.6. The molecule has 1 aromatic rings. The molecule has 1 N–H and O–H groups in total. The number of amides is 2. The number of likely N-dealkylation sites (tertiary alicyclic amines) is 1. The molecule has 0 aliphatic carbocycles. The highest BCUT2D eigenvalue weighted by atomic mass is 32.2. The van der Waals surface area contributed by atoms with Crippen LogP contribution in [0.3, 0.4) is 0 Å². The number of sulfone groups is 1. The summed E-state index contributed by atoms with van der Waals surface area (Å²) in [5.74, 6) is 0.0142. The number of hydrogen-bond acceptors (Lipinski definition) is 5. The molecule has 3 aliphatic rings. The van der Waals surface area contributed by atoms with Gasteiger partial charge in [-0.15, -0.1) is 0 Å². The lowest BCUT2D eigenvalue weighted by molar-refractivity contribution is -0.138. The Bertz CT molecular complexity index is 843. The van der Waals surface area contributed by atoms with Crippen molar-refractivity contribution in [2.75, 3.05) is 31.1 Å². The molecule has 0 saturated carbocycles. The molecule has 1 atom stereocenters. The molecule has 3 aliphatic heterocycles. The van der Waals surface area contributed by atoms with Gasteiger partial charge in [-0.1, -0.05) is 12.1 Å². The second-order valence-corrected chi connectivity index (χ2v) is 9.62. The third kappa shape index (κ3) is 3.18. The molecule has 2 fully saturated rings. The van der Waals surface area contributed by atoms with E-state index in [0.717, 1.165) is 0 Å². The number of carbonyl (C=O) groups is 2. The zero-order valence-corrected chi connectivity index (χ0v) is 15.3. The van der Waals surface area contributed by atoms with Gasteiger partial charge in [0.1, 0.15) is 11.4 Å². The summed E-state index contributed by atoms with van der Waals surface area (Å²) in [6.07, 6.45) is 1.63. The molecule has 2 amide bonds. The number of nitrogens with one attached hydrogen (secondary N) is 1. The topological polar surface area (TPSA) is 92.8 Å². The Kier molecular flexibility index (Phi) is 4.17. The Morgan fingerprint density at radius 1 is 1.23 bits per heavy atom. The number of benzene rings is 1. The summed E-state index contributed by atoms with van der Waals surface area (Å²) < 4.78 is 29.5. The number of para-hydroxylation sites is 1. The van der Waals surface area contributed by atoms with Crippen molar-refractivity contribution in [3.63, 3.8) is 0 Å². The van der Waals surface area contributed by atoms with E-state index in [-0.39, 0.29) is 23.3 Å². The number of nitrogens with zero attached hydrogens (tertiary/aromatic N) is 1. The summed E-state index contributed by atoms with van der Waals surface area (Å²) in [5.41, 5.74) is -0.0000966. The summed E-state index contributed by atoms with van der Waals surface area (Å²) in [4.78, 5) is 26.6. The van der Waals surface area contributed by atoms with E-state index in [0.29, 0.717) is 50.2 Å². The van der Waals surface area contributed by atoms with E-state index in [2.05, 4.69) is 5.32 Å². The Morgan fingerprint density at radius 2 is 1.96 bits per heavy atom. The van der Waals surface area contributed by atoms with Crippen LogP contribution >= 0.6 is 0 Å². The van der Waals surface area contributed by atoms with Gasteiger partial charge in [0.05, 0.1) is 29.5 Å². The predicted molar refractivity (Wildman–Crippen MR) is 94.7 cm³/mol. The maximum Gasteiger partial charge on any atom is 0.255 e. The molecule has 4 rings (SSSR count). The molecule has 7 nitrogen and oxygen atoms in total. The van der Waals surface area contributed by atoms with Crippen molar-refractivity contribution in [2.45, 2.75) is 24.9 Å². The molecule has 1 spiro atoms. The van der Waals surface area contributed by atoms with E-state index in [1.807, 2.05) is 6.07 Å². The highest BCUT2D eigenvalue weighted by molar-refractivity contribution is 7.91. The van der Waals surface area contributed by atoms with Gasteiger partial charge in [-0.3, -0.25) is 9.59 Å². The van der Waals surface area contributed by atoms with Gasteiger partial charge in [-0.2, -0.15) is 0 Å². The first kappa shape index (κ1) is 17.3. The first-order valence-corrected chi connectivity index (χ1v) is 10.8. The minimum Gasteiger partial charge on any atom is -0.484 e. The molecular formula is C18H22N2O5S. The van der Waals surface area contributed by atoms with Crippen LogP contribution in [-0.2, 0) is 14.6 Å². The van der Waals surface area contributed by atoms with E-state index in [9.17, 15) is 18.0 Å². The molecule has 1 aromatic carbocycles. The number of fused-ring (bicyclic) bond motifs is 1. The molecule has 0 radical (unpaired) electrons. The van der Waals surface area contributed by atoms with Crippen molar-refractivity contribution < 1.29 is 22.7 Å². The minimum atomic E-state index is -3.07. The van der Waals surface area contributed by atoms with Crippen molar-refractivity contribution in [3.8, 4) is 5.75 Å². The normalized spacial score (nSPS) is 26.5. The van der Waals surface area contributed by atoms with Crippen LogP contribution in [0.2, 0.25) is 0 Å². The highest BCUT2D eigenvalue weighted by Gasteiger charge is 2.43. The zero-order valence-electron chi connectivity index (χ0n) is 14.4. The lowest BCUT2D eigenvalue weighted by atomic mass is 9.90. The first-order valence-electron chi connectivity index (χ1n) is 8.93. The van der Waals surface area contributed by atoms with Gasteiger partial charge in [0.25, 0.3) is 5.91 Å². The summed E-state index contributed by atoms with van der Waals surface area (Å²) >= 11 is 0. The van der Waals surface area contributed by atoms with Gasteiger partial charge < -0.3 is 15.0 Å². The molecule has 8 heteroatoms. The van der Waals surface area contributed by atoms with Crippen LogP contribution in [0.5, 0.6) is 5.75 Å². The summed E-state index contributed by atoms with van der Waals surface area (Å²) in [7, 11) is -3.07. The Labute approximate surface area is 152 Å². The minimum absolute atomic E-state index is 0.0343. The van der Waals surface area contributed by atoms with E-state index in [1.54, 1.807) is 23.1 Å². The highest BCUT2D eigenvalue weighted by Crippen LogP contribution is 2.33. The molecule has 3 heterocycles. The van der Waals surface area contributed by atoms with Crippen LogP contribution in [0.1, 0.15) is 29.6 Å². The second-order valence-electron chi connectivity index (χ2n) is 7.39. The Hall–Kier alpha value is -2.09. The van der Waals surface area contributed by atoms with Crippen LogP contribution in [0.4, 0.5) is 0 Å². The lowest BCUT2D eigenvalue weighted by Crippen LogP contribution is -2.55. The molecular weight excluding hydrogens is 356 g/mol. The summed E-state index contributed by atoms with van der Waals surface area (Å²) in [6.45, 7) is 1.42. The van der Waals surface area contributed by atoms with Gasteiger partial charge in [-0.25, -0.2) is 8.42 Å². The molecule has 1 unspecified atom stereocenters. The van der Waals surface area contributed by atoms with Gasteiger partial charge in [0.15, 0.2) is 9.84 Å². The third-order valence-corrected chi connectivity index (χ3v) is 7.37. The van der Waals surface area contributed by atoms with Crippen LogP contribution in [0.25, 0.3) is 0 Å². The average molecular weight is 378 g/mol. The van der Waals surface area contributed by atoms with Crippen molar-refractivity contribution in [3.05, 3.63) is 29.8 Å². The largest absolute Gasteiger partial charge is 0.484 e. The standard InChI is InChI=1S/C18H22N2O5S/c21-16-14-3-1-2-4-15(14)25-18(12-19-16)6-8-20(9-7-18)17(22)13-5-10-26(23,24)11-13/h1-4,13H,5-12H2,(H,19,21). The van der Waals surface area contributed by atoms with E-state index in [1.165, 1.54) is 0 Å². The molecule has 2 saturated heterocycles. The number of ether oxygens (including phenoxy) is 1. The van der Waals surface area contributed by atoms with Crippen molar-refractivity contribution in [1.82, 2.24) is 10.2 Å². The van der Waals surface area contributed by atoms with Gasteiger partial charge >= 0.3 is 0 Å². The van der Waals surface area contributed by atoms with Crippen molar-refractivity contribution in [2.24, 2.45) is 5.92 Å². The number of hydrogen-bond donors (Lipinski definition) is 1. The fraction of sp³-hybridized carbons (Fsp3) is 0.556. The molecule has 140 valence electrons. The zero-order chi connectivity index (χ0) is 18.4. The molecule has 0 bridgehead atoms. The lowest BCUT2D eigenvalue weighted by Gasteiger charge is -2.41. The fourth-order valence-corrected chi connectivity index (χ4v) is 5.74. The van der Waals surface area contributed by atoms with E-state index >= 15 is 0 Å². The van der Waals surface area contributed by atoms with Crippen molar-refractivity contribution in [1.29, 1.82) is 0 Å². The van der Waals surface area contributed by atoms with E-state index < -0.39 is 21.4 Å². The monoisotopic (exact) mass is 378 g/mol. The van der Waals surface area contributed by atoms with Crippen LogP contribution in [0.15, 0.2) is 24.3 Å². The van der Waals surface area contributed by atoms with Gasteiger partial charge in [0, 0.05) is 25.9 Å². The van der Waals surface area contributed by atoms with Gasteiger partial charge in [0.2, 0.25) is 5.91 Å². The molecule has 26 heavy (non-hydrogen) atoms. The fourth-order valence-electron chi connectivity index (χ4n) is 4.01. The number of carbonyl (C=O) groups excluding carboxylic acids is 2. The van der Waals surface area contributed by atoms with Crippen LogP contribution in [-0.4, -0.2) is 61.9 Å². The van der Waals surface area contributed by atoms with Crippen LogP contribution in [0, 0.1) is 5.92 Å². The summed E-state index contributed by atoms with van der Waals surface area (Å²) in [6, 6.07) is 7.17. The Morgan fingerprint density at radius 3 is 2.65 bits per heavy atom. The maximum atomic E-state index is 12.6. The second kappa shape index (κ2) is 6.26. The number of piperidine rings is 1. The predicted octanol–water partition coefficient (Wildman–Crippen LogP) is 0.605. The first-order chi connectivity index (χ1) is 12.4. The summed E-state index contributed by atoms with van der Waals surface area (Å²) in [5, 5.41) is 2.92. The smallest absolute Gasteiger partial charge is 0.255 e. The third-order valence-electron chi connectivity index (χ3n) is 5.60. The Balaban J connectivity index is 1.45. The van der Waals surface area contributed by atoms with Crippen LogP contribution < -0.4 is 10.1 Å².